The van der Waals surface area contributed by atoms with Gasteiger partial charge in [0.15, 0.2) is 0 Å². The lowest BCUT2D eigenvalue weighted by atomic mass is 9.94. The Hall–Kier alpha value is -3.35. The molecule has 164 valence electrons. The number of amides is 2. The van der Waals surface area contributed by atoms with Gasteiger partial charge in [0.05, 0.1) is 23.9 Å². The number of carbonyl (C=O) groups excluding carboxylic acids is 2. The predicted molar refractivity (Wildman–Crippen MR) is 115 cm³/mol. The van der Waals surface area contributed by atoms with Crippen molar-refractivity contribution in [3.63, 3.8) is 0 Å². The van der Waals surface area contributed by atoms with Crippen molar-refractivity contribution >= 4 is 12.0 Å². The minimum atomic E-state index is -0.850. The van der Waals surface area contributed by atoms with E-state index in [1.165, 1.54) is 23.1 Å². The molecule has 2 aromatic carbocycles. The number of ether oxygens (including phenoxy) is 2. The largest absolute Gasteiger partial charge is 0.487 e. The Morgan fingerprint density at radius 1 is 1.19 bits per heavy atom. The van der Waals surface area contributed by atoms with Crippen LogP contribution in [0.5, 0.6) is 5.75 Å². The summed E-state index contributed by atoms with van der Waals surface area (Å²) in [7, 11) is 1.56. The molecule has 0 aromatic heterocycles. The first kappa shape index (κ1) is 22.3. The highest BCUT2D eigenvalue weighted by molar-refractivity contribution is 5.95. The maximum Gasteiger partial charge on any atom is 0.338 e. The molecule has 6 nitrogen and oxygen atoms in total. The summed E-state index contributed by atoms with van der Waals surface area (Å²) in [4.78, 5) is 26.9. The van der Waals surface area contributed by atoms with Crippen LogP contribution < -0.4 is 10.1 Å². The Balaban J connectivity index is 2.07. The number of aryl methyl sites for hydroxylation is 2. The lowest BCUT2D eigenvalue weighted by Gasteiger charge is -2.34. The smallest absolute Gasteiger partial charge is 0.338 e. The van der Waals surface area contributed by atoms with Crippen molar-refractivity contribution in [2.24, 2.45) is 0 Å². The van der Waals surface area contributed by atoms with E-state index in [9.17, 15) is 14.0 Å². The fourth-order valence-electron chi connectivity index (χ4n) is 3.61. The number of hydrogen-bond acceptors (Lipinski definition) is 4. The lowest BCUT2D eigenvalue weighted by molar-refractivity contribution is -0.139. The van der Waals surface area contributed by atoms with Gasteiger partial charge in [-0.2, -0.15) is 0 Å². The fraction of sp³-hybridized carbons (Fsp3) is 0.333. The molecular formula is C24H27FN2O4. The molecule has 0 unspecified atom stereocenters. The van der Waals surface area contributed by atoms with Crippen molar-refractivity contribution in [2.75, 3.05) is 20.3 Å². The highest BCUT2D eigenvalue weighted by Crippen LogP contribution is 2.32. The maximum absolute atomic E-state index is 13.9. The number of hydrogen-bond donors (Lipinski definition) is 1. The van der Waals surface area contributed by atoms with Crippen LogP contribution in [0.1, 0.15) is 35.2 Å². The third kappa shape index (κ3) is 4.71. The molecular weight excluding hydrogens is 399 g/mol. The summed E-state index contributed by atoms with van der Waals surface area (Å²) in [6.45, 7) is 7.78. The number of nitrogens with one attached hydrogen (secondary N) is 1. The van der Waals surface area contributed by atoms with E-state index in [1.54, 1.807) is 20.0 Å². The standard InChI is InChI=1S/C24H27FN2O4/c1-6-30-23(28)21-19(13-31-20-11-14(2)10-15(3)16(20)4)27(5)24(29)26-22(21)17-8-7-9-18(25)12-17/h7-12,22H,6,13H2,1-5H3,(H,26,29)/t22-/m1/s1. The van der Waals surface area contributed by atoms with Crippen LogP contribution in [0.15, 0.2) is 47.7 Å². The molecule has 3 rings (SSSR count). The Labute approximate surface area is 181 Å². The van der Waals surface area contributed by atoms with E-state index in [-0.39, 0.29) is 18.8 Å². The summed E-state index contributed by atoms with van der Waals surface area (Å²) in [5, 5.41) is 2.76. The second kappa shape index (κ2) is 9.20. The molecule has 1 aliphatic rings. The van der Waals surface area contributed by atoms with Crippen LogP contribution >= 0.6 is 0 Å². The highest BCUT2D eigenvalue weighted by Gasteiger charge is 2.37. The van der Waals surface area contributed by atoms with Crippen LogP contribution in [0.2, 0.25) is 0 Å². The van der Waals surface area contributed by atoms with Gasteiger partial charge in [0, 0.05) is 7.05 Å². The first-order chi connectivity index (χ1) is 14.7. The van der Waals surface area contributed by atoms with Crippen molar-refractivity contribution in [1.29, 1.82) is 0 Å². The van der Waals surface area contributed by atoms with E-state index in [2.05, 4.69) is 11.4 Å². The van der Waals surface area contributed by atoms with Gasteiger partial charge in [-0.1, -0.05) is 18.2 Å². The minimum absolute atomic E-state index is 0.0202. The zero-order valence-corrected chi connectivity index (χ0v) is 18.4. The number of benzene rings is 2. The Morgan fingerprint density at radius 3 is 2.61 bits per heavy atom. The van der Waals surface area contributed by atoms with E-state index in [1.807, 2.05) is 26.8 Å². The van der Waals surface area contributed by atoms with Crippen LogP contribution in [0, 0.1) is 26.6 Å². The van der Waals surface area contributed by atoms with Crippen molar-refractivity contribution in [1.82, 2.24) is 10.2 Å². The molecule has 0 saturated heterocycles. The van der Waals surface area contributed by atoms with Gasteiger partial charge in [-0.25, -0.2) is 14.0 Å². The van der Waals surface area contributed by atoms with Gasteiger partial charge in [-0.05, 0) is 68.1 Å². The lowest BCUT2D eigenvalue weighted by Crippen LogP contribution is -2.48. The van der Waals surface area contributed by atoms with Crippen LogP contribution in [0.4, 0.5) is 9.18 Å². The number of likely N-dealkylation sites (N-methyl/N-ethyl adjacent to an activating group) is 1. The molecule has 1 heterocycles. The molecule has 0 bridgehead atoms. The number of rotatable bonds is 6. The SMILES string of the molecule is CCOC(=O)C1=C(COc2cc(C)cc(C)c2C)N(C)C(=O)N[C@@H]1c1cccc(F)c1. The Kier molecular flexibility index (Phi) is 6.63. The molecule has 2 aromatic rings. The molecule has 7 heteroatoms. The van der Waals surface area contributed by atoms with Crippen molar-refractivity contribution in [3.05, 3.63) is 75.7 Å². The molecule has 0 spiro atoms. The van der Waals surface area contributed by atoms with Gasteiger partial charge < -0.3 is 14.8 Å². The molecule has 0 saturated carbocycles. The van der Waals surface area contributed by atoms with Crippen molar-refractivity contribution < 1.29 is 23.5 Å². The average Bonchev–Trinajstić information content (AvgIpc) is 2.72. The van der Waals surface area contributed by atoms with Crippen molar-refractivity contribution in [3.8, 4) is 5.75 Å². The fourth-order valence-corrected chi connectivity index (χ4v) is 3.61. The Bertz CT molecular complexity index is 1050. The summed E-state index contributed by atoms with van der Waals surface area (Å²) in [6, 6.07) is 8.50. The van der Waals surface area contributed by atoms with Crippen molar-refractivity contribution in [2.45, 2.75) is 33.7 Å². The molecule has 0 radical (unpaired) electrons. The zero-order chi connectivity index (χ0) is 22.7. The van der Waals surface area contributed by atoms with Crippen LogP contribution in [0.25, 0.3) is 0 Å². The highest BCUT2D eigenvalue weighted by atomic mass is 19.1. The molecule has 2 amide bonds. The molecule has 0 fully saturated rings. The molecule has 0 aliphatic carbocycles. The zero-order valence-electron chi connectivity index (χ0n) is 18.4. The number of nitrogens with zero attached hydrogens (tertiary/aromatic N) is 1. The maximum atomic E-state index is 13.9. The first-order valence-electron chi connectivity index (χ1n) is 10.1. The third-order valence-electron chi connectivity index (χ3n) is 5.38. The van der Waals surface area contributed by atoms with Gasteiger partial charge in [-0.3, -0.25) is 4.90 Å². The minimum Gasteiger partial charge on any atom is -0.487 e. The van der Waals surface area contributed by atoms with E-state index in [4.69, 9.17) is 9.47 Å². The molecule has 1 atom stereocenters. The number of carbonyl (C=O) groups is 2. The second-order valence-corrected chi connectivity index (χ2v) is 7.57. The number of urea groups is 1. The van der Waals surface area contributed by atoms with E-state index >= 15 is 0 Å². The topological polar surface area (TPSA) is 67.9 Å². The average molecular weight is 426 g/mol. The van der Waals surface area contributed by atoms with Crippen LogP contribution in [-0.2, 0) is 9.53 Å². The normalized spacial score (nSPS) is 16.3. The number of halogens is 1. The van der Waals surface area contributed by atoms with Gasteiger partial charge in [0.2, 0.25) is 0 Å². The van der Waals surface area contributed by atoms with Gasteiger partial charge in [0.25, 0.3) is 0 Å². The third-order valence-corrected chi connectivity index (χ3v) is 5.38. The van der Waals surface area contributed by atoms with E-state index < -0.39 is 23.9 Å². The predicted octanol–water partition coefficient (Wildman–Crippen LogP) is 4.34. The molecule has 1 aliphatic heterocycles. The summed E-state index contributed by atoms with van der Waals surface area (Å²) < 4.78 is 25.2. The summed E-state index contributed by atoms with van der Waals surface area (Å²) in [5.74, 6) is -0.369. The molecule has 1 N–H and O–H groups in total. The summed E-state index contributed by atoms with van der Waals surface area (Å²) in [5.41, 5.74) is 4.15. The van der Waals surface area contributed by atoms with Gasteiger partial charge in [0.1, 0.15) is 18.2 Å². The summed E-state index contributed by atoms with van der Waals surface area (Å²) >= 11 is 0. The second-order valence-electron chi connectivity index (χ2n) is 7.57. The van der Waals surface area contributed by atoms with Crippen LogP contribution in [-0.4, -0.2) is 37.2 Å². The Morgan fingerprint density at radius 2 is 1.94 bits per heavy atom. The molecule has 31 heavy (non-hydrogen) atoms. The summed E-state index contributed by atoms with van der Waals surface area (Å²) in [6.07, 6.45) is 0. The van der Waals surface area contributed by atoms with E-state index in [0.717, 1.165) is 16.7 Å². The van der Waals surface area contributed by atoms with Gasteiger partial charge >= 0.3 is 12.0 Å². The number of esters is 1. The van der Waals surface area contributed by atoms with Gasteiger partial charge in [-0.15, -0.1) is 0 Å². The first-order valence-corrected chi connectivity index (χ1v) is 10.1. The monoisotopic (exact) mass is 426 g/mol. The van der Waals surface area contributed by atoms with E-state index in [0.29, 0.717) is 17.0 Å². The quantitative estimate of drug-likeness (QED) is 0.698. The van der Waals surface area contributed by atoms with Crippen LogP contribution in [0.3, 0.4) is 0 Å².